The van der Waals surface area contributed by atoms with Crippen LogP contribution in [-0.2, 0) is 11.3 Å². The number of halogens is 2. The summed E-state index contributed by atoms with van der Waals surface area (Å²) in [7, 11) is 1.61. The first-order valence-corrected chi connectivity index (χ1v) is 9.92. The number of anilines is 1. The monoisotopic (exact) mass is 440 g/mol. The van der Waals surface area contributed by atoms with Crippen LogP contribution >= 0.6 is 23.2 Å². The summed E-state index contributed by atoms with van der Waals surface area (Å²) in [6.07, 6.45) is 1.56. The average molecular weight is 441 g/mol. The van der Waals surface area contributed by atoms with Crippen LogP contribution in [0.4, 0.5) is 5.69 Å². The minimum Gasteiger partial charge on any atom is -0.378 e. The molecule has 4 rings (SSSR count). The van der Waals surface area contributed by atoms with Crippen molar-refractivity contribution in [2.24, 2.45) is 0 Å². The quantitative estimate of drug-likeness (QED) is 0.450. The third-order valence-corrected chi connectivity index (χ3v) is 5.19. The van der Waals surface area contributed by atoms with Gasteiger partial charge in [0.05, 0.1) is 29.1 Å². The number of aromatic nitrogens is 3. The van der Waals surface area contributed by atoms with Crippen molar-refractivity contribution in [3.05, 3.63) is 81.7 Å². The maximum absolute atomic E-state index is 12.8. The van der Waals surface area contributed by atoms with Crippen LogP contribution in [0.25, 0.3) is 16.8 Å². The van der Waals surface area contributed by atoms with Crippen molar-refractivity contribution >= 4 is 40.4 Å². The first-order valence-electron chi connectivity index (χ1n) is 9.17. The molecule has 0 aliphatic carbocycles. The molecule has 6 nitrogen and oxygen atoms in total. The number of carbonyl (C=O) groups excluding carboxylic acids is 1. The molecular weight excluding hydrogens is 423 g/mol. The van der Waals surface area contributed by atoms with E-state index in [1.165, 1.54) is 0 Å². The van der Waals surface area contributed by atoms with Gasteiger partial charge in [-0.05, 0) is 48.9 Å². The van der Waals surface area contributed by atoms with Crippen LogP contribution in [0.3, 0.4) is 0 Å². The van der Waals surface area contributed by atoms with E-state index in [0.717, 1.165) is 11.1 Å². The Balaban J connectivity index is 1.79. The van der Waals surface area contributed by atoms with Crippen molar-refractivity contribution in [2.75, 3.05) is 12.4 Å². The molecule has 0 fully saturated rings. The molecule has 30 heavy (non-hydrogen) atoms. The van der Waals surface area contributed by atoms with Crippen molar-refractivity contribution in [1.29, 1.82) is 0 Å². The molecule has 2 aromatic carbocycles. The Kier molecular flexibility index (Phi) is 5.72. The fourth-order valence-electron chi connectivity index (χ4n) is 3.27. The van der Waals surface area contributed by atoms with Crippen LogP contribution in [0.1, 0.15) is 21.7 Å². The zero-order valence-corrected chi connectivity index (χ0v) is 17.8. The van der Waals surface area contributed by atoms with Crippen LogP contribution in [0.5, 0.6) is 0 Å². The van der Waals surface area contributed by atoms with Gasteiger partial charge in [0.1, 0.15) is 0 Å². The van der Waals surface area contributed by atoms with Gasteiger partial charge in [0.25, 0.3) is 5.91 Å². The highest BCUT2D eigenvalue weighted by atomic mass is 35.5. The number of rotatable bonds is 5. The Labute approximate surface area is 183 Å². The molecule has 0 saturated heterocycles. The van der Waals surface area contributed by atoms with Gasteiger partial charge < -0.3 is 10.1 Å². The van der Waals surface area contributed by atoms with Gasteiger partial charge in [-0.15, -0.1) is 0 Å². The van der Waals surface area contributed by atoms with Gasteiger partial charge in [-0.2, -0.15) is 5.10 Å². The number of benzene rings is 2. The fraction of sp³-hybridized carbons (Fsp3) is 0.136. The Morgan fingerprint density at radius 3 is 2.60 bits per heavy atom. The summed E-state index contributed by atoms with van der Waals surface area (Å²) in [6, 6.07) is 14.4. The molecule has 8 heteroatoms. The van der Waals surface area contributed by atoms with Gasteiger partial charge in [-0.25, -0.2) is 9.50 Å². The highest BCUT2D eigenvalue weighted by molar-refractivity contribution is 6.31. The number of nitrogens with zero attached hydrogens (tertiary/aromatic N) is 3. The number of carbonyl (C=O) groups is 1. The number of methoxy groups -OCH3 is 1. The number of hydrogen-bond acceptors (Lipinski definition) is 4. The SMILES string of the molecule is COCc1nn2c(C)c(C(=O)Nc3ccc(Cl)cc3)cnc2c1-c1cccc(Cl)c1. The summed E-state index contributed by atoms with van der Waals surface area (Å²) in [6.45, 7) is 2.13. The van der Waals surface area contributed by atoms with Crippen molar-refractivity contribution in [1.82, 2.24) is 14.6 Å². The highest BCUT2D eigenvalue weighted by Crippen LogP contribution is 2.31. The molecule has 1 amide bonds. The summed E-state index contributed by atoms with van der Waals surface area (Å²) >= 11 is 12.1. The lowest BCUT2D eigenvalue weighted by atomic mass is 10.1. The molecule has 0 aliphatic rings. The molecular formula is C22H18Cl2N4O2. The van der Waals surface area contributed by atoms with E-state index in [4.69, 9.17) is 27.9 Å². The average Bonchev–Trinajstić information content (AvgIpc) is 3.09. The zero-order valence-electron chi connectivity index (χ0n) is 16.3. The standard InChI is InChI=1S/C22H18Cl2N4O2/c1-13-18(22(29)26-17-8-6-15(23)7-9-17)11-25-21-20(14-4-3-5-16(24)10-14)19(12-30-2)27-28(13)21/h3-11H,12H2,1-2H3,(H,26,29). The minimum absolute atomic E-state index is 0.280. The molecule has 2 heterocycles. The van der Waals surface area contributed by atoms with E-state index >= 15 is 0 Å². The Hall–Kier alpha value is -2.93. The van der Waals surface area contributed by atoms with E-state index in [9.17, 15) is 4.79 Å². The lowest BCUT2D eigenvalue weighted by molar-refractivity contribution is 0.102. The smallest absolute Gasteiger partial charge is 0.259 e. The van der Waals surface area contributed by atoms with Gasteiger partial charge in [0.15, 0.2) is 5.65 Å². The number of aryl methyl sites for hydroxylation is 1. The van der Waals surface area contributed by atoms with Gasteiger partial charge in [-0.1, -0.05) is 35.3 Å². The van der Waals surface area contributed by atoms with Crippen LogP contribution in [0.2, 0.25) is 10.0 Å². The molecule has 0 bridgehead atoms. The van der Waals surface area contributed by atoms with Crippen LogP contribution < -0.4 is 5.32 Å². The minimum atomic E-state index is -0.280. The summed E-state index contributed by atoms with van der Waals surface area (Å²) in [4.78, 5) is 17.4. The Morgan fingerprint density at radius 1 is 1.13 bits per heavy atom. The lowest BCUT2D eigenvalue weighted by Crippen LogP contribution is -2.16. The fourth-order valence-corrected chi connectivity index (χ4v) is 3.59. The molecule has 0 radical (unpaired) electrons. The predicted molar refractivity (Wildman–Crippen MR) is 118 cm³/mol. The number of fused-ring (bicyclic) bond motifs is 1. The molecule has 0 saturated carbocycles. The van der Waals surface area contributed by atoms with E-state index < -0.39 is 0 Å². The van der Waals surface area contributed by atoms with Crippen molar-refractivity contribution < 1.29 is 9.53 Å². The van der Waals surface area contributed by atoms with Gasteiger partial charge >= 0.3 is 0 Å². The molecule has 0 spiro atoms. The van der Waals surface area contributed by atoms with Crippen molar-refractivity contribution in [3.63, 3.8) is 0 Å². The van der Waals surface area contributed by atoms with Crippen LogP contribution in [-0.4, -0.2) is 27.6 Å². The molecule has 0 unspecified atom stereocenters. The Bertz CT molecular complexity index is 1240. The van der Waals surface area contributed by atoms with Crippen LogP contribution in [0.15, 0.2) is 54.7 Å². The first-order chi connectivity index (χ1) is 14.5. The summed E-state index contributed by atoms with van der Waals surface area (Å²) in [5.41, 5.74) is 4.78. The molecule has 0 aliphatic heterocycles. The lowest BCUT2D eigenvalue weighted by Gasteiger charge is -2.09. The number of nitrogens with one attached hydrogen (secondary N) is 1. The van der Waals surface area contributed by atoms with E-state index in [2.05, 4.69) is 15.4 Å². The summed E-state index contributed by atoms with van der Waals surface area (Å²) in [5.74, 6) is -0.280. The van der Waals surface area contributed by atoms with E-state index in [-0.39, 0.29) is 5.91 Å². The Morgan fingerprint density at radius 2 is 1.90 bits per heavy atom. The van der Waals surface area contributed by atoms with Gasteiger partial charge in [0.2, 0.25) is 0 Å². The molecule has 0 atom stereocenters. The summed E-state index contributed by atoms with van der Waals surface area (Å²) in [5, 5.41) is 8.73. The highest BCUT2D eigenvalue weighted by Gasteiger charge is 2.20. The van der Waals surface area contributed by atoms with Crippen molar-refractivity contribution in [2.45, 2.75) is 13.5 Å². The van der Waals surface area contributed by atoms with E-state index in [1.807, 2.05) is 31.2 Å². The first kappa shape index (κ1) is 20.3. The number of ether oxygens (including phenoxy) is 1. The third kappa shape index (κ3) is 3.89. The van der Waals surface area contributed by atoms with Crippen LogP contribution in [0, 0.1) is 6.92 Å². The second kappa shape index (κ2) is 8.44. The largest absolute Gasteiger partial charge is 0.378 e. The number of hydrogen-bond donors (Lipinski definition) is 1. The molecule has 2 aromatic heterocycles. The second-order valence-corrected chi connectivity index (χ2v) is 7.59. The van der Waals surface area contributed by atoms with Gasteiger partial charge in [-0.3, -0.25) is 4.79 Å². The normalized spacial score (nSPS) is 11.1. The zero-order chi connectivity index (χ0) is 21.3. The second-order valence-electron chi connectivity index (χ2n) is 6.72. The molecule has 152 valence electrons. The maximum Gasteiger partial charge on any atom is 0.259 e. The molecule has 1 N–H and O–H groups in total. The topological polar surface area (TPSA) is 68.5 Å². The van der Waals surface area contributed by atoms with E-state index in [1.54, 1.807) is 42.1 Å². The number of amides is 1. The van der Waals surface area contributed by atoms with Crippen molar-refractivity contribution in [3.8, 4) is 11.1 Å². The third-order valence-electron chi connectivity index (χ3n) is 4.70. The molecule has 4 aromatic rings. The van der Waals surface area contributed by atoms with Gasteiger partial charge in [0, 0.05) is 29.0 Å². The predicted octanol–water partition coefficient (Wildman–Crippen LogP) is 5.41. The van der Waals surface area contributed by atoms with E-state index in [0.29, 0.717) is 44.9 Å². The maximum atomic E-state index is 12.8. The summed E-state index contributed by atoms with van der Waals surface area (Å²) < 4.78 is 7.00.